The van der Waals surface area contributed by atoms with Gasteiger partial charge in [0, 0.05) is 23.5 Å². The maximum atomic E-state index is 12.1. The van der Waals surface area contributed by atoms with Crippen LogP contribution < -0.4 is 10.1 Å². The van der Waals surface area contributed by atoms with Crippen LogP contribution in [-0.4, -0.2) is 32.0 Å². The van der Waals surface area contributed by atoms with Gasteiger partial charge in [0.25, 0.3) is 5.91 Å². The predicted octanol–water partition coefficient (Wildman–Crippen LogP) is 2.95. The number of nitrogens with one attached hydrogen (secondary N) is 1. The monoisotopic (exact) mass is 357 g/mol. The SMILES string of the molecule is Cc1cc(OCC(=O)Nc2cc(-n3ccnc3)ncn2)cc(C)c1Cl. The van der Waals surface area contributed by atoms with Gasteiger partial charge >= 0.3 is 0 Å². The van der Waals surface area contributed by atoms with Crippen LogP contribution in [0.5, 0.6) is 5.75 Å². The molecule has 0 fully saturated rings. The van der Waals surface area contributed by atoms with E-state index in [1.165, 1.54) is 6.33 Å². The van der Waals surface area contributed by atoms with Crippen molar-refractivity contribution in [2.24, 2.45) is 0 Å². The smallest absolute Gasteiger partial charge is 0.263 e. The van der Waals surface area contributed by atoms with Crippen molar-refractivity contribution in [1.29, 1.82) is 0 Å². The topological polar surface area (TPSA) is 81.9 Å². The van der Waals surface area contributed by atoms with Crippen LogP contribution in [0, 0.1) is 13.8 Å². The number of carbonyl (C=O) groups is 1. The molecular formula is C17H16ClN5O2. The summed E-state index contributed by atoms with van der Waals surface area (Å²) in [5.74, 6) is 1.26. The Morgan fingerprint density at radius 3 is 2.68 bits per heavy atom. The lowest BCUT2D eigenvalue weighted by atomic mass is 10.1. The van der Waals surface area contributed by atoms with Crippen molar-refractivity contribution in [3.63, 3.8) is 0 Å². The Morgan fingerprint density at radius 1 is 1.24 bits per heavy atom. The zero-order chi connectivity index (χ0) is 17.8. The summed E-state index contributed by atoms with van der Waals surface area (Å²) in [5.41, 5.74) is 1.80. The number of ether oxygens (including phenoxy) is 1. The summed E-state index contributed by atoms with van der Waals surface area (Å²) in [6, 6.07) is 5.24. The highest BCUT2D eigenvalue weighted by Gasteiger charge is 2.08. The molecule has 3 rings (SSSR count). The highest BCUT2D eigenvalue weighted by atomic mass is 35.5. The van der Waals surface area contributed by atoms with Gasteiger partial charge in [0.2, 0.25) is 0 Å². The van der Waals surface area contributed by atoms with E-state index < -0.39 is 0 Å². The third-order valence-corrected chi connectivity index (χ3v) is 4.07. The van der Waals surface area contributed by atoms with Crippen molar-refractivity contribution >= 4 is 23.3 Å². The van der Waals surface area contributed by atoms with Crippen molar-refractivity contribution in [1.82, 2.24) is 19.5 Å². The molecule has 7 nitrogen and oxygen atoms in total. The third-order valence-electron chi connectivity index (χ3n) is 3.47. The minimum Gasteiger partial charge on any atom is -0.484 e. The number of carbonyl (C=O) groups excluding carboxylic acids is 1. The van der Waals surface area contributed by atoms with Gasteiger partial charge in [0.15, 0.2) is 6.61 Å². The number of hydrogen-bond donors (Lipinski definition) is 1. The molecule has 0 unspecified atom stereocenters. The number of hydrogen-bond acceptors (Lipinski definition) is 5. The Morgan fingerprint density at radius 2 is 2.00 bits per heavy atom. The van der Waals surface area contributed by atoms with E-state index in [1.54, 1.807) is 41.5 Å². The van der Waals surface area contributed by atoms with Crippen molar-refractivity contribution in [3.8, 4) is 11.6 Å². The number of aromatic nitrogens is 4. The van der Waals surface area contributed by atoms with E-state index in [1.807, 2.05) is 13.8 Å². The second-order valence-corrected chi connectivity index (χ2v) is 5.82. The number of aryl methyl sites for hydroxylation is 2. The van der Waals surface area contributed by atoms with Crippen molar-refractivity contribution in [3.05, 3.63) is 59.4 Å². The van der Waals surface area contributed by atoms with Gasteiger partial charge in [0.1, 0.15) is 30.0 Å². The fraction of sp³-hybridized carbons (Fsp3) is 0.176. The van der Waals surface area contributed by atoms with Crippen LogP contribution in [-0.2, 0) is 4.79 Å². The molecule has 2 heterocycles. The summed E-state index contributed by atoms with van der Waals surface area (Å²) in [6.45, 7) is 3.65. The number of imidazole rings is 1. The predicted molar refractivity (Wildman–Crippen MR) is 94.2 cm³/mol. The van der Waals surface area contributed by atoms with Gasteiger partial charge < -0.3 is 10.1 Å². The summed E-state index contributed by atoms with van der Waals surface area (Å²) in [5, 5.41) is 3.38. The van der Waals surface area contributed by atoms with Gasteiger partial charge in [-0.3, -0.25) is 9.36 Å². The van der Waals surface area contributed by atoms with Crippen LogP contribution in [0.25, 0.3) is 5.82 Å². The fourth-order valence-electron chi connectivity index (χ4n) is 2.27. The number of amides is 1. The van der Waals surface area contributed by atoms with Gasteiger partial charge in [-0.15, -0.1) is 0 Å². The molecule has 2 aromatic heterocycles. The van der Waals surface area contributed by atoms with Crippen LogP contribution in [0.4, 0.5) is 5.82 Å². The zero-order valence-electron chi connectivity index (χ0n) is 13.7. The van der Waals surface area contributed by atoms with Crippen LogP contribution in [0.2, 0.25) is 5.02 Å². The molecule has 1 amide bonds. The van der Waals surface area contributed by atoms with E-state index in [0.29, 0.717) is 22.4 Å². The molecule has 0 saturated carbocycles. The average Bonchev–Trinajstić information content (AvgIpc) is 3.12. The lowest BCUT2D eigenvalue weighted by molar-refractivity contribution is -0.118. The molecule has 0 aliphatic carbocycles. The standard InChI is InChI=1S/C17H16ClN5O2/c1-11-5-13(6-12(2)17(11)18)25-8-16(24)22-14-7-15(21-9-20-14)23-4-3-19-10-23/h3-7,9-10H,8H2,1-2H3,(H,20,21,22,24). The number of halogens is 1. The Bertz CT molecular complexity index is 873. The first-order valence-corrected chi connectivity index (χ1v) is 7.90. The molecule has 0 bridgehead atoms. The molecular weight excluding hydrogens is 342 g/mol. The molecule has 1 aromatic carbocycles. The summed E-state index contributed by atoms with van der Waals surface area (Å²) in [6.07, 6.45) is 6.38. The van der Waals surface area contributed by atoms with Crippen LogP contribution in [0.15, 0.2) is 43.2 Å². The van der Waals surface area contributed by atoms with E-state index in [4.69, 9.17) is 16.3 Å². The van der Waals surface area contributed by atoms with Gasteiger partial charge in [-0.05, 0) is 37.1 Å². The number of rotatable bonds is 5. The van der Waals surface area contributed by atoms with Gasteiger partial charge in [-0.25, -0.2) is 15.0 Å². The molecule has 8 heteroatoms. The first kappa shape index (κ1) is 16.9. The Kier molecular flexibility index (Phi) is 4.95. The maximum absolute atomic E-state index is 12.1. The fourth-order valence-corrected chi connectivity index (χ4v) is 2.38. The molecule has 1 N–H and O–H groups in total. The van der Waals surface area contributed by atoms with Crippen molar-refractivity contribution in [2.45, 2.75) is 13.8 Å². The van der Waals surface area contributed by atoms with E-state index >= 15 is 0 Å². The quantitative estimate of drug-likeness (QED) is 0.759. The summed E-state index contributed by atoms with van der Waals surface area (Å²) in [4.78, 5) is 24.2. The molecule has 0 radical (unpaired) electrons. The normalized spacial score (nSPS) is 10.5. The molecule has 0 atom stereocenters. The minimum atomic E-state index is -0.319. The van der Waals surface area contributed by atoms with E-state index in [-0.39, 0.29) is 12.5 Å². The molecule has 0 spiro atoms. The van der Waals surface area contributed by atoms with E-state index in [9.17, 15) is 4.79 Å². The summed E-state index contributed by atoms with van der Waals surface area (Å²) in [7, 11) is 0. The van der Waals surface area contributed by atoms with E-state index in [2.05, 4.69) is 20.3 Å². The van der Waals surface area contributed by atoms with Crippen LogP contribution >= 0.6 is 11.6 Å². The average molecular weight is 358 g/mol. The number of benzene rings is 1. The Balaban J connectivity index is 1.62. The molecule has 0 aliphatic rings. The molecule has 25 heavy (non-hydrogen) atoms. The Hall–Kier alpha value is -2.93. The van der Waals surface area contributed by atoms with E-state index in [0.717, 1.165) is 11.1 Å². The lowest BCUT2D eigenvalue weighted by Gasteiger charge is -2.10. The summed E-state index contributed by atoms with van der Waals surface area (Å²) >= 11 is 6.12. The maximum Gasteiger partial charge on any atom is 0.263 e. The first-order chi connectivity index (χ1) is 12.0. The number of nitrogens with zero attached hydrogens (tertiary/aromatic N) is 4. The highest BCUT2D eigenvalue weighted by Crippen LogP contribution is 2.25. The van der Waals surface area contributed by atoms with Gasteiger partial charge in [0.05, 0.1) is 0 Å². The minimum absolute atomic E-state index is 0.134. The molecule has 0 aliphatic heterocycles. The summed E-state index contributed by atoms with van der Waals surface area (Å²) < 4.78 is 7.25. The lowest BCUT2D eigenvalue weighted by Crippen LogP contribution is -2.21. The molecule has 0 saturated heterocycles. The first-order valence-electron chi connectivity index (χ1n) is 7.52. The third kappa shape index (κ3) is 4.13. The Labute approximate surface area is 149 Å². The highest BCUT2D eigenvalue weighted by molar-refractivity contribution is 6.32. The second kappa shape index (κ2) is 7.31. The van der Waals surface area contributed by atoms with Crippen LogP contribution in [0.1, 0.15) is 11.1 Å². The number of anilines is 1. The second-order valence-electron chi connectivity index (χ2n) is 5.44. The zero-order valence-corrected chi connectivity index (χ0v) is 14.5. The molecule has 128 valence electrons. The van der Waals surface area contributed by atoms with Crippen molar-refractivity contribution in [2.75, 3.05) is 11.9 Å². The molecule has 3 aromatic rings. The van der Waals surface area contributed by atoms with Crippen LogP contribution in [0.3, 0.4) is 0 Å². The van der Waals surface area contributed by atoms with Gasteiger partial charge in [-0.1, -0.05) is 11.6 Å². The van der Waals surface area contributed by atoms with Crippen molar-refractivity contribution < 1.29 is 9.53 Å². The largest absolute Gasteiger partial charge is 0.484 e. The van der Waals surface area contributed by atoms with Gasteiger partial charge in [-0.2, -0.15) is 0 Å².